The second kappa shape index (κ2) is 17.6. The average Bonchev–Trinajstić information content (AvgIpc) is 3.94. The summed E-state index contributed by atoms with van der Waals surface area (Å²) in [6.07, 6.45) is 5.96. The summed E-state index contributed by atoms with van der Waals surface area (Å²) < 4.78 is 43.5. The minimum absolute atomic E-state index is 0.0251. The van der Waals surface area contributed by atoms with Crippen LogP contribution >= 0.6 is 11.3 Å². The van der Waals surface area contributed by atoms with E-state index in [4.69, 9.17) is 20.2 Å². The number of rotatable bonds is 11. The number of β-amino-alcohol motifs (C(OH)–C–C–N with tert-alkyl or cyclic N) is 1. The predicted molar refractivity (Wildman–Crippen MR) is 231 cm³/mol. The average molecular weight is 865 g/mol. The Bertz CT molecular complexity index is 2640. The van der Waals surface area contributed by atoms with Gasteiger partial charge >= 0.3 is 6.09 Å². The number of nitrogen functional groups attached to an aromatic ring is 1. The zero-order valence-corrected chi connectivity index (χ0v) is 34.6. The Labute approximate surface area is 359 Å². The maximum Gasteiger partial charge on any atom is 0.407 e. The van der Waals surface area contributed by atoms with Crippen molar-refractivity contribution in [2.24, 2.45) is 4.99 Å². The fourth-order valence-electron chi connectivity index (χ4n) is 8.61. The highest BCUT2D eigenvalue weighted by Crippen LogP contribution is 2.39. The number of nitrogens with two attached hydrogens (primary N) is 1. The molecule has 1 saturated carbocycles. The Kier molecular flexibility index (Phi) is 11.7. The van der Waals surface area contributed by atoms with Gasteiger partial charge in [-0.25, -0.2) is 28.2 Å². The van der Waals surface area contributed by atoms with E-state index >= 15 is 0 Å². The van der Waals surface area contributed by atoms with Crippen molar-refractivity contribution in [2.45, 2.75) is 69.4 Å². The number of carbonyl (C=O) groups excluding carboxylic acids is 1. The number of ether oxygens (including phenoxy) is 2. The normalized spacial score (nSPS) is 18.2. The van der Waals surface area contributed by atoms with Gasteiger partial charge < -0.3 is 30.5 Å². The molecule has 3 aromatic carbocycles. The number of piperidine rings is 1. The lowest BCUT2D eigenvalue weighted by Gasteiger charge is -2.38. The van der Waals surface area contributed by atoms with Crippen LogP contribution in [-0.2, 0) is 23.4 Å². The van der Waals surface area contributed by atoms with E-state index in [1.54, 1.807) is 4.57 Å². The van der Waals surface area contributed by atoms with Crippen LogP contribution in [0, 0.1) is 11.6 Å². The van der Waals surface area contributed by atoms with Crippen molar-refractivity contribution in [3.05, 3.63) is 118 Å². The molecule has 1 saturated heterocycles. The molecule has 18 heteroatoms. The summed E-state index contributed by atoms with van der Waals surface area (Å²) in [6, 6.07) is 20.7. The fourth-order valence-corrected chi connectivity index (χ4v) is 9.56. The number of hydrogen-bond donors (Lipinski definition) is 3. The molecule has 322 valence electrons. The molecule has 6 aromatic rings. The topological polar surface area (TPSA) is 178 Å². The Morgan fingerprint density at radius 3 is 2.56 bits per heavy atom. The molecule has 0 bridgehead atoms. The third-order valence-electron chi connectivity index (χ3n) is 11.7. The lowest BCUT2D eigenvalue weighted by molar-refractivity contribution is -0.0274. The van der Waals surface area contributed by atoms with Gasteiger partial charge in [0.05, 0.1) is 36.5 Å². The molecule has 1 aliphatic carbocycles. The molecule has 2 aliphatic heterocycles. The number of benzene rings is 3. The highest BCUT2D eigenvalue weighted by Gasteiger charge is 2.37. The fraction of sp³-hybridized carbons (Fsp3) is 0.364. The van der Waals surface area contributed by atoms with Gasteiger partial charge in [-0.1, -0.05) is 24.3 Å². The third-order valence-corrected chi connectivity index (χ3v) is 12.7. The van der Waals surface area contributed by atoms with Gasteiger partial charge in [-0.2, -0.15) is 5.10 Å². The van der Waals surface area contributed by atoms with Crippen LogP contribution in [0.15, 0.2) is 95.2 Å². The number of aliphatic imine (C=N–C) groups is 1. The van der Waals surface area contributed by atoms with Crippen LogP contribution in [0.4, 0.5) is 30.8 Å². The minimum atomic E-state index is -1.70. The molecule has 62 heavy (non-hydrogen) atoms. The van der Waals surface area contributed by atoms with E-state index in [-0.39, 0.29) is 36.6 Å². The Balaban J connectivity index is 0.781. The van der Waals surface area contributed by atoms with Gasteiger partial charge in [0, 0.05) is 53.6 Å². The molecule has 5 heterocycles. The zero-order chi connectivity index (χ0) is 42.8. The van der Waals surface area contributed by atoms with E-state index in [1.807, 2.05) is 59.5 Å². The molecule has 9 rings (SSSR count). The molecule has 0 radical (unpaired) electrons. The number of thiophene rings is 1. The van der Waals surface area contributed by atoms with Gasteiger partial charge in [0.15, 0.2) is 5.82 Å². The summed E-state index contributed by atoms with van der Waals surface area (Å²) in [5, 5.41) is 18.8. The maximum absolute atomic E-state index is 14.9. The lowest BCUT2D eigenvalue weighted by Crippen LogP contribution is -2.50. The first-order valence-corrected chi connectivity index (χ1v) is 21.5. The summed E-state index contributed by atoms with van der Waals surface area (Å²) in [7, 11) is 0. The van der Waals surface area contributed by atoms with Crippen molar-refractivity contribution in [3.8, 4) is 11.4 Å². The third kappa shape index (κ3) is 8.89. The lowest BCUT2D eigenvalue weighted by atomic mass is 9.91. The van der Waals surface area contributed by atoms with Crippen molar-refractivity contribution in [3.63, 3.8) is 0 Å². The summed E-state index contributed by atoms with van der Waals surface area (Å²) in [4.78, 5) is 45.6. The number of aromatic nitrogens is 5. The molecule has 1 amide bonds. The van der Waals surface area contributed by atoms with Crippen LogP contribution < -0.4 is 26.2 Å². The number of para-hydroxylation sites is 1. The second-order valence-corrected chi connectivity index (χ2v) is 17.1. The van der Waals surface area contributed by atoms with Gasteiger partial charge in [-0.3, -0.25) is 19.3 Å². The number of nitrogens with one attached hydrogen (secondary N) is 1. The molecule has 0 spiro atoms. The van der Waals surface area contributed by atoms with E-state index in [2.05, 4.69) is 25.3 Å². The van der Waals surface area contributed by atoms with Crippen LogP contribution in [0.5, 0.6) is 5.75 Å². The first-order chi connectivity index (χ1) is 30.1. The smallest absolute Gasteiger partial charge is 0.407 e. The van der Waals surface area contributed by atoms with Crippen molar-refractivity contribution < 1.29 is 28.2 Å². The SMILES string of the molecule is Nc1nc2sc(CN=C3CCC(OC(=O)NC4CCN(CC(O)(Cn5cncn5)c5ccc(F)cc5F)CC4)CC3)cc2n(-c2ccc3c(c2)N(c2ccccc2)CCO3)c1=O. The van der Waals surface area contributed by atoms with Crippen LogP contribution in [-0.4, -0.2) is 91.1 Å². The van der Waals surface area contributed by atoms with Crippen LogP contribution in [0.1, 0.15) is 49.0 Å². The highest BCUT2D eigenvalue weighted by molar-refractivity contribution is 7.18. The van der Waals surface area contributed by atoms with Gasteiger partial charge in [-0.15, -0.1) is 11.3 Å². The number of aliphatic hydroxyl groups is 1. The van der Waals surface area contributed by atoms with E-state index in [0.717, 1.165) is 39.8 Å². The quantitative estimate of drug-likeness (QED) is 0.137. The molecular weight excluding hydrogens is 819 g/mol. The monoisotopic (exact) mass is 864 g/mol. The standard InChI is InChI=1S/C44H46F2N10O5S/c45-28-6-12-35(36(46)20-28)44(59,25-54-27-48-26-50-54)24-53-16-14-30(15-17-53)51-43(58)61-33-10-7-29(8-11-33)49-23-34-22-38-41(62-34)52-40(47)42(57)56(38)32-9-13-39-37(21-32)55(18-19-60-39)31-4-2-1-3-5-31/h1-6,9,12-13,20-22,26-27,30,33,59H,7-8,10-11,14-19,23-25H2,(H2,47,52)(H,51,58). The van der Waals surface area contributed by atoms with Crippen LogP contribution in [0.2, 0.25) is 0 Å². The zero-order valence-electron chi connectivity index (χ0n) is 33.8. The number of hydrogen-bond acceptors (Lipinski definition) is 13. The summed E-state index contributed by atoms with van der Waals surface area (Å²) in [5.74, 6) is -0.908. The van der Waals surface area contributed by atoms with Crippen molar-refractivity contribution in [1.29, 1.82) is 0 Å². The van der Waals surface area contributed by atoms with Crippen molar-refractivity contribution in [1.82, 2.24) is 34.5 Å². The summed E-state index contributed by atoms with van der Waals surface area (Å²) in [6.45, 7) is 2.71. The summed E-state index contributed by atoms with van der Waals surface area (Å²) in [5.41, 5.74) is 8.31. The first kappa shape index (κ1) is 41.1. The number of nitrogens with zero attached hydrogens (tertiary/aromatic N) is 8. The predicted octanol–water partition coefficient (Wildman–Crippen LogP) is 6.09. The molecule has 3 aliphatic rings. The number of anilines is 3. The Morgan fingerprint density at radius 2 is 1.81 bits per heavy atom. The number of fused-ring (bicyclic) bond motifs is 2. The minimum Gasteiger partial charge on any atom is -0.490 e. The van der Waals surface area contributed by atoms with Crippen LogP contribution in [0.25, 0.3) is 16.0 Å². The first-order valence-electron chi connectivity index (χ1n) is 20.7. The molecule has 2 fully saturated rings. The second-order valence-electron chi connectivity index (χ2n) is 16.0. The van der Waals surface area contributed by atoms with E-state index in [1.165, 1.54) is 34.7 Å². The van der Waals surface area contributed by atoms with Crippen molar-refractivity contribution in [2.75, 3.05) is 43.4 Å². The number of halogens is 2. The Morgan fingerprint density at radius 1 is 1.00 bits per heavy atom. The number of carbonyl (C=O) groups is 1. The number of alkyl carbamates (subject to hydrolysis) is 1. The summed E-state index contributed by atoms with van der Waals surface area (Å²) >= 11 is 1.45. The Hall–Kier alpha value is -6.24. The highest BCUT2D eigenvalue weighted by atomic mass is 32.1. The maximum atomic E-state index is 14.9. The van der Waals surface area contributed by atoms with Gasteiger partial charge in [0.2, 0.25) is 0 Å². The van der Waals surface area contributed by atoms with Crippen LogP contribution in [0.3, 0.4) is 0 Å². The number of likely N-dealkylation sites (tertiary alicyclic amines) is 1. The molecule has 15 nitrogen and oxygen atoms in total. The van der Waals surface area contributed by atoms with E-state index in [0.29, 0.717) is 87.3 Å². The molecule has 1 atom stereocenters. The van der Waals surface area contributed by atoms with Crippen molar-refractivity contribution >= 4 is 50.7 Å². The van der Waals surface area contributed by atoms with Gasteiger partial charge in [0.25, 0.3) is 5.56 Å². The van der Waals surface area contributed by atoms with E-state index < -0.39 is 28.9 Å². The molecule has 4 N–H and O–H groups in total. The molecule has 1 unspecified atom stereocenters. The van der Waals surface area contributed by atoms with E-state index in [9.17, 15) is 23.5 Å². The van der Waals surface area contributed by atoms with Gasteiger partial charge in [0.1, 0.15) is 53.2 Å². The molecular formula is C44H46F2N10O5S. The largest absolute Gasteiger partial charge is 0.490 e. The molecule has 3 aromatic heterocycles. The van der Waals surface area contributed by atoms with Gasteiger partial charge in [-0.05, 0) is 81.0 Å². The number of amides is 1.